The Hall–Kier alpha value is -1.02. The SMILES string of the molecule is CC(C)[CH]Cc1ccc(O)cc1CN. The van der Waals surface area contributed by atoms with Gasteiger partial charge in [-0.15, -0.1) is 0 Å². The molecule has 0 aliphatic heterocycles. The third-order valence-corrected chi connectivity index (χ3v) is 2.22. The minimum Gasteiger partial charge on any atom is -0.508 e. The molecule has 0 aromatic heterocycles. The van der Waals surface area contributed by atoms with Gasteiger partial charge in [0.15, 0.2) is 0 Å². The van der Waals surface area contributed by atoms with E-state index in [1.807, 2.05) is 6.07 Å². The van der Waals surface area contributed by atoms with Gasteiger partial charge in [0.2, 0.25) is 0 Å². The Labute approximate surface area is 85.8 Å². The number of nitrogens with two attached hydrogens (primary N) is 1. The van der Waals surface area contributed by atoms with E-state index in [4.69, 9.17) is 5.73 Å². The van der Waals surface area contributed by atoms with Crippen molar-refractivity contribution < 1.29 is 5.11 Å². The van der Waals surface area contributed by atoms with Crippen LogP contribution in [0.4, 0.5) is 0 Å². The van der Waals surface area contributed by atoms with Crippen LogP contribution in [0.25, 0.3) is 0 Å². The van der Waals surface area contributed by atoms with Crippen molar-refractivity contribution in [2.75, 3.05) is 0 Å². The standard InChI is InChI=1S/C12H18NO/c1-9(2)3-4-10-5-6-12(14)7-11(10)8-13/h3,5-7,9,14H,4,8,13H2,1-2H3. The predicted octanol–water partition coefficient (Wildman–Crippen LogP) is 2.25. The molecule has 14 heavy (non-hydrogen) atoms. The van der Waals surface area contributed by atoms with E-state index in [0.717, 1.165) is 12.0 Å². The van der Waals surface area contributed by atoms with Gasteiger partial charge in [0.05, 0.1) is 0 Å². The second kappa shape index (κ2) is 5.01. The van der Waals surface area contributed by atoms with Gasteiger partial charge in [-0.3, -0.25) is 0 Å². The van der Waals surface area contributed by atoms with E-state index in [0.29, 0.717) is 18.2 Å². The lowest BCUT2D eigenvalue weighted by Crippen LogP contribution is -2.03. The van der Waals surface area contributed by atoms with Crippen molar-refractivity contribution in [1.82, 2.24) is 0 Å². The van der Waals surface area contributed by atoms with Gasteiger partial charge >= 0.3 is 0 Å². The van der Waals surface area contributed by atoms with Crippen LogP contribution < -0.4 is 5.73 Å². The highest BCUT2D eigenvalue weighted by Gasteiger charge is 2.03. The number of hydrogen-bond donors (Lipinski definition) is 2. The van der Waals surface area contributed by atoms with E-state index in [9.17, 15) is 5.11 Å². The lowest BCUT2D eigenvalue weighted by molar-refractivity contribution is 0.474. The molecule has 0 heterocycles. The zero-order valence-corrected chi connectivity index (χ0v) is 8.83. The molecule has 2 nitrogen and oxygen atoms in total. The third-order valence-electron chi connectivity index (χ3n) is 2.22. The van der Waals surface area contributed by atoms with Crippen LogP contribution in [-0.4, -0.2) is 5.11 Å². The highest BCUT2D eigenvalue weighted by atomic mass is 16.3. The first-order valence-electron chi connectivity index (χ1n) is 4.97. The Balaban J connectivity index is 2.75. The van der Waals surface area contributed by atoms with Crippen LogP contribution >= 0.6 is 0 Å². The lowest BCUT2D eigenvalue weighted by atomic mass is 9.98. The highest BCUT2D eigenvalue weighted by Crippen LogP contribution is 2.18. The second-order valence-corrected chi connectivity index (χ2v) is 3.84. The van der Waals surface area contributed by atoms with Crippen LogP contribution in [0.1, 0.15) is 25.0 Å². The molecule has 77 valence electrons. The molecule has 0 fully saturated rings. The Kier molecular flexibility index (Phi) is 3.96. The Morgan fingerprint density at radius 3 is 2.64 bits per heavy atom. The summed E-state index contributed by atoms with van der Waals surface area (Å²) in [6.45, 7) is 4.79. The largest absolute Gasteiger partial charge is 0.508 e. The fourth-order valence-corrected chi connectivity index (χ4v) is 1.36. The minimum absolute atomic E-state index is 0.291. The molecule has 0 unspecified atom stereocenters. The summed E-state index contributed by atoms with van der Waals surface area (Å²) < 4.78 is 0. The van der Waals surface area contributed by atoms with Gasteiger partial charge in [0, 0.05) is 6.54 Å². The predicted molar refractivity (Wildman–Crippen MR) is 58.8 cm³/mol. The number of aromatic hydroxyl groups is 1. The van der Waals surface area contributed by atoms with Crippen molar-refractivity contribution in [2.45, 2.75) is 26.8 Å². The smallest absolute Gasteiger partial charge is 0.115 e. The average molecular weight is 192 g/mol. The number of benzene rings is 1. The lowest BCUT2D eigenvalue weighted by Gasteiger charge is -2.09. The van der Waals surface area contributed by atoms with Crippen LogP contribution in [-0.2, 0) is 13.0 Å². The molecule has 1 rings (SSSR count). The molecule has 0 bridgehead atoms. The van der Waals surface area contributed by atoms with Crippen LogP contribution in [0.15, 0.2) is 18.2 Å². The van der Waals surface area contributed by atoms with E-state index in [-0.39, 0.29) is 0 Å². The number of phenols is 1. The van der Waals surface area contributed by atoms with Crippen LogP contribution in [0.3, 0.4) is 0 Å². The van der Waals surface area contributed by atoms with E-state index in [1.165, 1.54) is 5.56 Å². The normalized spacial score (nSPS) is 10.9. The number of rotatable bonds is 4. The fourth-order valence-electron chi connectivity index (χ4n) is 1.36. The zero-order valence-electron chi connectivity index (χ0n) is 8.83. The van der Waals surface area contributed by atoms with Gasteiger partial charge < -0.3 is 10.8 Å². The first kappa shape index (κ1) is 11.1. The monoisotopic (exact) mass is 192 g/mol. The van der Waals surface area contributed by atoms with E-state index in [2.05, 4.69) is 20.3 Å². The van der Waals surface area contributed by atoms with Crippen LogP contribution in [0.2, 0.25) is 0 Å². The summed E-state index contributed by atoms with van der Waals surface area (Å²) in [5.74, 6) is 0.869. The maximum atomic E-state index is 9.28. The summed E-state index contributed by atoms with van der Waals surface area (Å²) in [7, 11) is 0. The van der Waals surface area contributed by atoms with Gasteiger partial charge in [0.1, 0.15) is 5.75 Å². The van der Waals surface area contributed by atoms with Crippen molar-refractivity contribution in [3.8, 4) is 5.75 Å². The molecule has 1 aromatic carbocycles. The molecule has 0 aliphatic rings. The Bertz CT molecular complexity index is 294. The molecule has 0 saturated heterocycles. The van der Waals surface area contributed by atoms with E-state index in [1.54, 1.807) is 12.1 Å². The molecule has 2 heteroatoms. The van der Waals surface area contributed by atoms with Gasteiger partial charge in [0.25, 0.3) is 0 Å². The average Bonchev–Trinajstić information content (AvgIpc) is 2.15. The molecule has 0 aliphatic carbocycles. The zero-order chi connectivity index (χ0) is 10.6. The molecule has 0 saturated carbocycles. The van der Waals surface area contributed by atoms with Crippen LogP contribution in [0, 0.1) is 12.3 Å². The summed E-state index contributed by atoms with van der Waals surface area (Å²) in [5.41, 5.74) is 7.84. The maximum absolute atomic E-state index is 9.28. The Morgan fingerprint density at radius 2 is 2.07 bits per heavy atom. The molecule has 1 aromatic rings. The summed E-state index contributed by atoms with van der Waals surface area (Å²) in [5, 5.41) is 9.28. The van der Waals surface area contributed by atoms with E-state index >= 15 is 0 Å². The van der Waals surface area contributed by atoms with Gasteiger partial charge in [-0.25, -0.2) is 0 Å². The van der Waals surface area contributed by atoms with Gasteiger partial charge in [-0.2, -0.15) is 0 Å². The van der Waals surface area contributed by atoms with Crippen molar-refractivity contribution in [3.05, 3.63) is 35.7 Å². The van der Waals surface area contributed by atoms with Crippen molar-refractivity contribution in [2.24, 2.45) is 11.7 Å². The molecular formula is C12H18NO. The summed E-state index contributed by atoms with van der Waals surface area (Å²) in [6.07, 6.45) is 3.16. The maximum Gasteiger partial charge on any atom is 0.115 e. The van der Waals surface area contributed by atoms with Crippen molar-refractivity contribution in [1.29, 1.82) is 0 Å². The third kappa shape index (κ3) is 3.04. The first-order chi connectivity index (χ1) is 6.63. The van der Waals surface area contributed by atoms with Crippen LogP contribution in [0.5, 0.6) is 5.75 Å². The summed E-state index contributed by atoms with van der Waals surface area (Å²) >= 11 is 0. The molecule has 3 N–H and O–H groups in total. The van der Waals surface area contributed by atoms with Crippen molar-refractivity contribution >= 4 is 0 Å². The fraction of sp³-hybridized carbons (Fsp3) is 0.417. The second-order valence-electron chi connectivity index (χ2n) is 3.84. The Morgan fingerprint density at radius 1 is 1.36 bits per heavy atom. The quantitative estimate of drug-likeness (QED) is 0.768. The number of phenolic OH excluding ortho intramolecular Hbond substituents is 1. The molecule has 0 atom stereocenters. The molecule has 0 spiro atoms. The van der Waals surface area contributed by atoms with Crippen molar-refractivity contribution in [3.63, 3.8) is 0 Å². The van der Waals surface area contributed by atoms with E-state index < -0.39 is 0 Å². The molecular weight excluding hydrogens is 174 g/mol. The first-order valence-corrected chi connectivity index (χ1v) is 4.97. The topological polar surface area (TPSA) is 46.2 Å². The molecule has 1 radical (unpaired) electrons. The summed E-state index contributed by atoms with van der Waals surface area (Å²) in [4.78, 5) is 0. The number of hydrogen-bond acceptors (Lipinski definition) is 2. The van der Waals surface area contributed by atoms with Gasteiger partial charge in [-0.05, 0) is 42.0 Å². The summed E-state index contributed by atoms with van der Waals surface area (Å²) in [6, 6.07) is 5.39. The minimum atomic E-state index is 0.291. The van der Waals surface area contributed by atoms with Gasteiger partial charge in [-0.1, -0.05) is 19.9 Å². The highest BCUT2D eigenvalue weighted by molar-refractivity contribution is 5.35. The molecule has 0 amide bonds.